The number of ketones is 1. The van der Waals surface area contributed by atoms with Gasteiger partial charge in [0.1, 0.15) is 5.78 Å². The van der Waals surface area contributed by atoms with Crippen LogP contribution in [0.4, 0.5) is 0 Å². The van der Waals surface area contributed by atoms with Crippen LogP contribution in [0.1, 0.15) is 45.4 Å². The molecule has 0 radical (unpaired) electrons. The molecule has 2 heteroatoms. The van der Waals surface area contributed by atoms with Crippen molar-refractivity contribution in [2.45, 2.75) is 51.5 Å². The summed E-state index contributed by atoms with van der Waals surface area (Å²) >= 11 is 0. The molecule has 2 nitrogen and oxygen atoms in total. The molecule has 0 N–H and O–H groups in total. The van der Waals surface area contributed by atoms with E-state index >= 15 is 0 Å². The van der Waals surface area contributed by atoms with Crippen molar-refractivity contribution in [3.8, 4) is 0 Å². The third kappa shape index (κ3) is 2.57. The molecule has 1 atom stereocenters. The summed E-state index contributed by atoms with van der Waals surface area (Å²) in [5.41, 5.74) is 0. The van der Waals surface area contributed by atoms with Crippen LogP contribution in [0.5, 0.6) is 0 Å². The Morgan fingerprint density at radius 3 is 2.71 bits per heavy atom. The molecule has 0 aromatic rings. The largest absolute Gasteiger partial charge is 0.300 e. The van der Waals surface area contributed by atoms with Crippen LogP contribution in [0.3, 0.4) is 0 Å². The first-order valence-corrected chi connectivity index (χ1v) is 6.05. The summed E-state index contributed by atoms with van der Waals surface area (Å²) in [6.07, 6.45) is 6.84. The van der Waals surface area contributed by atoms with Gasteiger partial charge in [0, 0.05) is 25.4 Å². The van der Waals surface area contributed by atoms with E-state index in [4.69, 9.17) is 0 Å². The first-order valence-electron chi connectivity index (χ1n) is 6.05. The van der Waals surface area contributed by atoms with E-state index in [1.807, 2.05) is 0 Å². The monoisotopic (exact) mass is 195 g/mol. The van der Waals surface area contributed by atoms with Gasteiger partial charge in [-0.05, 0) is 38.1 Å². The van der Waals surface area contributed by atoms with Crippen LogP contribution in [0.25, 0.3) is 0 Å². The van der Waals surface area contributed by atoms with E-state index in [0.717, 1.165) is 31.7 Å². The average molecular weight is 195 g/mol. The van der Waals surface area contributed by atoms with E-state index in [0.29, 0.717) is 11.8 Å². The normalized spacial score (nSPS) is 28.4. The number of rotatable bonds is 4. The summed E-state index contributed by atoms with van der Waals surface area (Å²) in [5.74, 6) is 1.43. The number of carbonyl (C=O) groups excluding carboxylic acids is 1. The molecular formula is C12H21NO. The Kier molecular flexibility index (Phi) is 3.22. The third-order valence-electron chi connectivity index (χ3n) is 3.57. The van der Waals surface area contributed by atoms with Gasteiger partial charge in [-0.1, -0.05) is 6.92 Å². The molecule has 0 aliphatic heterocycles. The van der Waals surface area contributed by atoms with Crippen molar-refractivity contribution in [3.63, 3.8) is 0 Å². The molecule has 0 heterocycles. The minimum atomic E-state index is 0.482. The summed E-state index contributed by atoms with van der Waals surface area (Å²) in [6, 6.07) is 0.571. The molecule has 0 aromatic carbocycles. The second-order valence-corrected chi connectivity index (χ2v) is 4.82. The number of Topliss-reactive ketones (excluding diaryl/α,β-unsaturated/α-hetero) is 1. The van der Waals surface area contributed by atoms with Crippen LogP contribution < -0.4 is 0 Å². The van der Waals surface area contributed by atoms with E-state index in [-0.39, 0.29) is 0 Å². The highest BCUT2D eigenvalue weighted by atomic mass is 16.1. The summed E-state index contributed by atoms with van der Waals surface area (Å²) in [6.45, 7) is 4.59. The third-order valence-corrected chi connectivity index (χ3v) is 3.57. The molecule has 0 aromatic heterocycles. The van der Waals surface area contributed by atoms with Crippen molar-refractivity contribution in [1.29, 1.82) is 0 Å². The lowest BCUT2D eigenvalue weighted by Gasteiger charge is -2.32. The van der Waals surface area contributed by atoms with E-state index in [1.165, 1.54) is 25.8 Å². The highest BCUT2D eigenvalue weighted by Crippen LogP contribution is 2.31. The van der Waals surface area contributed by atoms with Crippen molar-refractivity contribution in [1.82, 2.24) is 4.90 Å². The zero-order valence-electron chi connectivity index (χ0n) is 9.17. The predicted octanol–water partition coefficient (Wildman–Crippen LogP) is 2.23. The second-order valence-electron chi connectivity index (χ2n) is 4.82. The Balaban J connectivity index is 1.85. The predicted molar refractivity (Wildman–Crippen MR) is 57.2 cm³/mol. The first kappa shape index (κ1) is 10.2. The Hall–Kier alpha value is -0.370. The summed E-state index contributed by atoms with van der Waals surface area (Å²) in [7, 11) is 0. The van der Waals surface area contributed by atoms with Gasteiger partial charge in [0.05, 0.1) is 0 Å². The van der Waals surface area contributed by atoms with E-state index in [9.17, 15) is 4.79 Å². The summed E-state index contributed by atoms with van der Waals surface area (Å²) in [5, 5.41) is 0. The van der Waals surface area contributed by atoms with Gasteiger partial charge in [0.25, 0.3) is 0 Å². The van der Waals surface area contributed by atoms with Crippen LogP contribution in [-0.2, 0) is 4.79 Å². The van der Waals surface area contributed by atoms with Gasteiger partial charge >= 0.3 is 0 Å². The van der Waals surface area contributed by atoms with Crippen LogP contribution in [0.15, 0.2) is 0 Å². The quantitative estimate of drug-likeness (QED) is 0.685. The van der Waals surface area contributed by atoms with E-state index in [1.54, 1.807) is 0 Å². The van der Waals surface area contributed by atoms with Gasteiger partial charge in [-0.3, -0.25) is 9.69 Å². The molecule has 2 saturated carbocycles. The molecule has 2 rings (SSSR count). The molecule has 80 valence electrons. The SMILES string of the molecule is CCN(CC1CC1)C1CCCC(=O)C1. The summed E-state index contributed by atoms with van der Waals surface area (Å²) in [4.78, 5) is 13.9. The Bertz CT molecular complexity index is 210. The fraction of sp³-hybridized carbons (Fsp3) is 0.917. The zero-order chi connectivity index (χ0) is 9.97. The fourth-order valence-electron chi connectivity index (χ4n) is 2.48. The molecule has 0 saturated heterocycles. The highest BCUT2D eigenvalue weighted by molar-refractivity contribution is 5.79. The minimum Gasteiger partial charge on any atom is -0.300 e. The maximum absolute atomic E-state index is 11.4. The number of nitrogens with zero attached hydrogens (tertiary/aromatic N) is 1. The first-order chi connectivity index (χ1) is 6.79. The van der Waals surface area contributed by atoms with Crippen LogP contribution in [0.2, 0.25) is 0 Å². The van der Waals surface area contributed by atoms with Crippen molar-refractivity contribution >= 4 is 5.78 Å². The Labute approximate surface area is 86.7 Å². The number of hydrogen-bond acceptors (Lipinski definition) is 2. The average Bonchev–Trinajstić information content (AvgIpc) is 2.98. The molecule has 1 unspecified atom stereocenters. The van der Waals surface area contributed by atoms with Gasteiger partial charge in [-0.25, -0.2) is 0 Å². The molecule has 14 heavy (non-hydrogen) atoms. The maximum Gasteiger partial charge on any atom is 0.134 e. The Morgan fingerprint density at radius 1 is 1.36 bits per heavy atom. The van der Waals surface area contributed by atoms with Gasteiger partial charge in [-0.15, -0.1) is 0 Å². The molecular weight excluding hydrogens is 174 g/mol. The molecule has 0 spiro atoms. The molecule has 2 aliphatic carbocycles. The van der Waals surface area contributed by atoms with Gasteiger partial charge in [0.2, 0.25) is 0 Å². The van der Waals surface area contributed by atoms with Crippen LogP contribution in [0, 0.1) is 5.92 Å². The maximum atomic E-state index is 11.4. The van der Waals surface area contributed by atoms with Crippen LogP contribution in [-0.4, -0.2) is 29.8 Å². The van der Waals surface area contributed by atoms with Gasteiger partial charge in [-0.2, -0.15) is 0 Å². The molecule has 0 amide bonds. The highest BCUT2D eigenvalue weighted by Gasteiger charge is 2.29. The number of hydrogen-bond donors (Lipinski definition) is 0. The van der Waals surface area contributed by atoms with Crippen molar-refractivity contribution in [2.75, 3.05) is 13.1 Å². The topological polar surface area (TPSA) is 20.3 Å². The van der Waals surface area contributed by atoms with Gasteiger partial charge in [0.15, 0.2) is 0 Å². The Morgan fingerprint density at radius 2 is 2.14 bits per heavy atom. The van der Waals surface area contributed by atoms with Crippen molar-refractivity contribution in [3.05, 3.63) is 0 Å². The van der Waals surface area contributed by atoms with Crippen molar-refractivity contribution < 1.29 is 4.79 Å². The minimum absolute atomic E-state index is 0.482. The lowest BCUT2D eigenvalue weighted by molar-refractivity contribution is -0.122. The zero-order valence-corrected chi connectivity index (χ0v) is 9.17. The smallest absolute Gasteiger partial charge is 0.134 e. The standard InChI is InChI=1S/C12H21NO/c1-2-13(9-10-6-7-10)11-4-3-5-12(14)8-11/h10-11H,2-9H2,1H3. The lowest BCUT2D eigenvalue weighted by Crippen LogP contribution is -2.40. The van der Waals surface area contributed by atoms with Crippen molar-refractivity contribution in [2.24, 2.45) is 5.92 Å². The fourth-order valence-corrected chi connectivity index (χ4v) is 2.48. The van der Waals surface area contributed by atoms with Crippen LogP contribution >= 0.6 is 0 Å². The van der Waals surface area contributed by atoms with E-state index < -0.39 is 0 Å². The lowest BCUT2D eigenvalue weighted by atomic mass is 9.93. The van der Waals surface area contributed by atoms with E-state index in [2.05, 4.69) is 11.8 Å². The molecule has 2 fully saturated rings. The molecule has 0 bridgehead atoms. The summed E-state index contributed by atoms with van der Waals surface area (Å²) < 4.78 is 0. The van der Waals surface area contributed by atoms with Gasteiger partial charge < -0.3 is 0 Å². The number of carbonyl (C=O) groups is 1. The second kappa shape index (κ2) is 4.43. The molecule has 2 aliphatic rings.